The van der Waals surface area contributed by atoms with Crippen LogP contribution in [0.25, 0.3) is 17.2 Å². The Bertz CT molecular complexity index is 541. The van der Waals surface area contributed by atoms with Gasteiger partial charge in [0.2, 0.25) is 5.91 Å². The third-order valence-corrected chi connectivity index (χ3v) is 2.08. The summed E-state index contributed by atoms with van der Waals surface area (Å²) in [6.45, 7) is 1.64. The summed E-state index contributed by atoms with van der Waals surface area (Å²) in [4.78, 5) is 10.9. The summed E-state index contributed by atoms with van der Waals surface area (Å²) < 4.78 is 1.54. The second-order valence-electron chi connectivity index (χ2n) is 3.20. The number of rotatable bonds is 2. The van der Waals surface area contributed by atoms with Gasteiger partial charge in [-0.25, -0.2) is 4.68 Å². The normalized spacial score (nSPS) is 11.9. The summed E-state index contributed by atoms with van der Waals surface area (Å²) in [7, 11) is 0. The second-order valence-corrected chi connectivity index (χ2v) is 3.20. The van der Waals surface area contributed by atoms with Crippen molar-refractivity contribution in [1.29, 1.82) is 0 Å². The number of fused-ring (bicyclic) bond motifs is 1. The Morgan fingerprint density at radius 3 is 2.93 bits per heavy atom. The summed E-state index contributed by atoms with van der Waals surface area (Å²) in [6.07, 6.45) is 1.57. The first-order valence-corrected chi connectivity index (χ1v) is 4.46. The van der Waals surface area contributed by atoms with Gasteiger partial charge in [0.05, 0.1) is 5.52 Å². The molecule has 1 heterocycles. The van der Waals surface area contributed by atoms with Crippen molar-refractivity contribution in [2.24, 2.45) is 5.73 Å². The number of nitrogens with zero attached hydrogens (tertiary/aromatic N) is 3. The summed E-state index contributed by atoms with van der Waals surface area (Å²) in [5.41, 5.74) is 7.19. The minimum absolute atomic E-state index is 0.436. The Hall–Kier alpha value is -2.17. The fourth-order valence-corrected chi connectivity index (χ4v) is 1.23. The van der Waals surface area contributed by atoms with Gasteiger partial charge in [0, 0.05) is 11.8 Å². The number of hydrogen-bond donors (Lipinski definition) is 1. The lowest BCUT2D eigenvalue weighted by Crippen LogP contribution is -2.12. The number of aromatic nitrogens is 3. The van der Waals surface area contributed by atoms with Crippen molar-refractivity contribution in [2.45, 2.75) is 6.92 Å². The molecule has 2 rings (SSSR count). The highest BCUT2D eigenvalue weighted by atomic mass is 16.1. The van der Waals surface area contributed by atoms with Gasteiger partial charge in [0.1, 0.15) is 5.52 Å². The number of hydrogen-bond acceptors (Lipinski definition) is 3. The zero-order chi connectivity index (χ0) is 10.8. The molecular weight excluding hydrogens is 192 g/mol. The summed E-state index contributed by atoms with van der Waals surface area (Å²) in [6, 6.07) is 7.49. The predicted molar refractivity (Wildman–Crippen MR) is 56.7 cm³/mol. The molecule has 0 fully saturated rings. The third-order valence-electron chi connectivity index (χ3n) is 2.08. The maximum Gasteiger partial charge on any atom is 0.245 e. The summed E-state index contributed by atoms with van der Waals surface area (Å²) >= 11 is 0. The van der Waals surface area contributed by atoms with E-state index in [4.69, 9.17) is 5.73 Å². The van der Waals surface area contributed by atoms with Crippen LogP contribution in [0.4, 0.5) is 0 Å². The molecule has 0 bridgehead atoms. The molecule has 5 nitrogen and oxygen atoms in total. The number of nitrogens with two attached hydrogens (primary N) is 1. The zero-order valence-electron chi connectivity index (χ0n) is 8.21. The van der Waals surface area contributed by atoms with Crippen molar-refractivity contribution >= 4 is 23.1 Å². The van der Waals surface area contributed by atoms with Crippen LogP contribution in [0, 0.1) is 0 Å². The SMILES string of the molecule is C/C(=C\n1nnc2ccccc21)C(N)=O. The van der Waals surface area contributed by atoms with E-state index in [0.29, 0.717) is 5.57 Å². The molecular formula is C10H10N4O. The minimum atomic E-state index is -0.463. The molecule has 2 N–H and O–H groups in total. The highest BCUT2D eigenvalue weighted by molar-refractivity contribution is 5.94. The minimum Gasteiger partial charge on any atom is -0.366 e. The zero-order valence-corrected chi connectivity index (χ0v) is 8.21. The van der Waals surface area contributed by atoms with E-state index < -0.39 is 5.91 Å². The van der Waals surface area contributed by atoms with Crippen molar-refractivity contribution < 1.29 is 4.79 Å². The van der Waals surface area contributed by atoms with Crippen LogP contribution in [-0.4, -0.2) is 20.9 Å². The number of primary amides is 1. The maximum absolute atomic E-state index is 10.9. The Labute approximate surface area is 86.2 Å². The highest BCUT2D eigenvalue weighted by Crippen LogP contribution is 2.10. The molecule has 0 saturated carbocycles. The van der Waals surface area contributed by atoms with Crippen LogP contribution in [0.15, 0.2) is 29.8 Å². The molecule has 0 spiro atoms. The van der Waals surface area contributed by atoms with Gasteiger partial charge in [-0.2, -0.15) is 0 Å². The molecule has 76 valence electrons. The molecule has 0 unspecified atom stereocenters. The molecule has 5 heteroatoms. The average molecular weight is 202 g/mol. The van der Waals surface area contributed by atoms with Crippen LogP contribution in [0.3, 0.4) is 0 Å². The lowest BCUT2D eigenvalue weighted by Gasteiger charge is -1.95. The van der Waals surface area contributed by atoms with E-state index in [9.17, 15) is 4.79 Å². The maximum atomic E-state index is 10.9. The van der Waals surface area contributed by atoms with Gasteiger partial charge in [-0.15, -0.1) is 5.10 Å². The van der Waals surface area contributed by atoms with Crippen molar-refractivity contribution in [3.05, 3.63) is 29.8 Å². The van der Waals surface area contributed by atoms with E-state index >= 15 is 0 Å². The summed E-state index contributed by atoms with van der Waals surface area (Å²) in [5.74, 6) is -0.463. The van der Waals surface area contributed by atoms with Gasteiger partial charge in [-0.3, -0.25) is 4.79 Å². The van der Waals surface area contributed by atoms with Crippen molar-refractivity contribution in [3.8, 4) is 0 Å². The van der Waals surface area contributed by atoms with E-state index in [1.807, 2.05) is 24.3 Å². The van der Waals surface area contributed by atoms with Gasteiger partial charge in [-0.1, -0.05) is 17.3 Å². The monoisotopic (exact) mass is 202 g/mol. The van der Waals surface area contributed by atoms with E-state index in [1.165, 1.54) is 4.68 Å². The van der Waals surface area contributed by atoms with Gasteiger partial charge < -0.3 is 5.73 Å². The number of benzene rings is 1. The van der Waals surface area contributed by atoms with Crippen LogP contribution < -0.4 is 5.73 Å². The highest BCUT2D eigenvalue weighted by Gasteiger charge is 2.02. The van der Waals surface area contributed by atoms with Crippen molar-refractivity contribution in [2.75, 3.05) is 0 Å². The lowest BCUT2D eigenvalue weighted by molar-refractivity contribution is -0.114. The van der Waals surface area contributed by atoms with Crippen LogP contribution in [0.2, 0.25) is 0 Å². The fourth-order valence-electron chi connectivity index (χ4n) is 1.23. The Kier molecular flexibility index (Phi) is 2.21. The molecule has 0 atom stereocenters. The van der Waals surface area contributed by atoms with Gasteiger partial charge in [0.15, 0.2) is 0 Å². The number of carbonyl (C=O) groups excluding carboxylic acids is 1. The van der Waals surface area contributed by atoms with Gasteiger partial charge >= 0.3 is 0 Å². The average Bonchev–Trinajstić information content (AvgIpc) is 2.62. The lowest BCUT2D eigenvalue weighted by atomic mass is 10.3. The Balaban J connectivity index is 2.54. The Morgan fingerprint density at radius 1 is 1.47 bits per heavy atom. The summed E-state index contributed by atoms with van der Waals surface area (Å²) in [5, 5.41) is 7.85. The van der Waals surface area contributed by atoms with Crippen LogP contribution in [0.1, 0.15) is 6.92 Å². The van der Waals surface area contributed by atoms with Crippen molar-refractivity contribution in [1.82, 2.24) is 15.0 Å². The third kappa shape index (κ3) is 1.71. The fraction of sp³-hybridized carbons (Fsp3) is 0.100. The first-order chi connectivity index (χ1) is 7.18. The van der Waals surface area contributed by atoms with Crippen LogP contribution in [-0.2, 0) is 4.79 Å². The van der Waals surface area contributed by atoms with Crippen LogP contribution in [0.5, 0.6) is 0 Å². The van der Waals surface area contributed by atoms with E-state index in [1.54, 1.807) is 13.1 Å². The van der Waals surface area contributed by atoms with E-state index in [-0.39, 0.29) is 0 Å². The number of amides is 1. The molecule has 0 saturated heterocycles. The smallest absolute Gasteiger partial charge is 0.245 e. The quantitative estimate of drug-likeness (QED) is 0.731. The molecule has 15 heavy (non-hydrogen) atoms. The first kappa shape index (κ1) is 9.39. The molecule has 1 amide bonds. The largest absolute Gasteiger partial charge is 0.366 e. The first-order valence-electron chi connectivity index (χ1n) is 4.46. The molecule has 0 aliphatic carbocycles. The molecule has 2 aromatic rings. The topological polar surface area (TPSA) is 73.8 Å². The van der Waals surface area contributed by atoms with Gasteiger partial charge in [0.25, 0.3) is 0 Å². The Morgan fingerprint density at radius 2 is 2.20 bits per heavy atom. The molecule has 0 aliphatic rings. The number of para-hydroxylation sites is 1. The number of carbonyl (C=O) groups is 1. The molecule has 1 aromatic heterocycles. The predicted octanol–water partition coefficient (Wildman–Crippen LogP) is 0.777. The molecule has 1 aromatic carbocycles. The van der Waals surface area contributed by atoms with E-state index in [0.717, 1.165) is 11.0 Å². The van der Waals surface area contributed by atoms with Crippen molar-refractivity contribution in [3.63, 3.8) is 0 Å². The molecule has 0 aliphatic heterocycles. The molecule has 0 radical (unpaired) electrons. The van der Waals surface area contributed by atoms with Crippen LogP contribution >= 0.6 is 0 Å². The second kappa shape index (κ2) is 3.53. The van der Waals surface area contributed by atoms with Gasteiger partial charge in [-0.05, 0) is 19.1 Å². The standard InChI is InChI=1S/C10H10N4O/c1-7(10(11)15)6-14-9-5-3-2-4-8(9)12-13-14/h2-6H,1H3,(H2,11,15)/b7-6+. The van der Waals surface area contributed by atoms with E-state index in [2.05, 4.69) is 10.3 Å².